The van der Waals surface area contributed by atoms with E-state index in [4.69, 9.17) is 30.2 Å². The van der Waals surface area contributed by atoms with E-state index >= 15 is 0 Å². The van der Waals surface area contributed by atoms with Gasteiger partial charge in [-0.25, -0.2) is 18.6 Å². The summed E-state index contributed by atoms with van der Waals surface area (Å²) in [5.74, 6) is 0. The molecule has 0 atom stereocenters. The van der Waals surface area contributed by atoms with Gasteiger partial charge in [0.1, 0.15) is 22.7 Å². The van der Waals surface area contributed by atoms with Crippen molar-refractivity contribution < 1.29 is 28.9 Å². The molecule has 0 saturated carbocycles. The first kappa shape index (κ1) is 16.2. The highest BCUT2D eigenvalue weighted by Gasteiger charge is 2.19. The van der Waals surface area contributed by atoms with Gasteiger partial charge < -0.3 is 0 Å². The maximum Gasteiger partial charge on any atom is 0.349 e. The zero-order valence-electron chi connectivity index (χ0n) is 7.52. The average molecular weight is 329 g/mol. The highest BCUT2D eigenvalue weighted by molar-refractivity contribution is 8.04. The van der Waals surface area contributed by atoms with Crippen molar-refractivity contribution in [1.29, 1.82) is 0 Å². The molecule has 88 valence electrons. The first-order valence-electron chi connectivity index (χ1n) is 3.10. The van der Waals surface area contributed by atoms with Gasteiger partial charge in [-0.05, 0) is 24.1 Å². The Labute approximate surface area is 111 Å². The van der Waals surface area contributed by atoms with Crippen molar-refractivity contribution in [3.63, 3.8) is 0 Å². The molecule has 0 aliphatic carbocycles. The predicted molar refractivity (Wildman–Crippen MR) is 55.2 cm³/mol. The van der Waals surface area contributed by atoms with Crippen LogP contribution in [0.2, 0.25) is 3.65 Å². The summed E-state index contributed by atoms with van der Waals surface area (Å²) in [7, 11) is -4.94. The number of thioether (sulfide) groups is 2. The van der Waals surface area contributed by atoms with Crippen LogP contribution in [0.15, 0.2) is 8.42 Å². The van der Waals surface area contributed by atoms with Crippen LogP contribution in [0.3, 0.4) is 0 Å². The van der Waals surface area contributed by atoms with Crippen molar-refractivity contribution in [2.24, 2.45) is 0 Å². The largest absolute Gasteiger partial charge is 0.349 e. The van der Waals surface area contributed by atoms with E-state index < -0.39 is 10.2 Å². The Kier molecular flexibility index (Phi) is 8.07. The summed E-state index contributed by atoms with van der Waals surface area (Å²) in [5.41, 5.74) is 0. The van der Waals surface area contributed by atoms with E-state index in [9.17, 15) is 0 Å². The highest BCUT2D eigenvalue weighted by Crippen LogP contribution is 2.42. The molecule has 1 aromatic rings. The molecule has 0 radical (unpaired) electrons. The van der Waals surface area contributed by atoms with Crippen LogP contribution in [-0.4, -0.2) is 12.5 Å². The second kappa shape index (κ2) is 7.49. The topological polar surface area (TPSA) is 92.2 Å². The van der Waals surface area contributed by atoms with Crippen molar-refractivity contribution in [1.82, 2.24) is 0 Å². The SMILES string of the molecule is CSc1sc(Cl)[s+]c1SC.[O-][Cl+3]([O-])([O-])[O-]. The van der Waals surface area contributed by atoms with Gasteiger partial charge in [0.25, 0.3) is 0 Å². The molecule has 0 aliphatic rings. The Hall–Kier alpha value is 1.17. The van der Waals surface area contributed by atoms with Crippen LogP contribution >= 0.6 is 57.8 Å². The summed E-state index contributed by atoms with van der Waals surface area (Å²) in [6.07, 6.45) is 4.16. The summed E-state index contributed by atoms with van der Waals surface area (Å²) in [6.45, 7) is 0. The molecule has 15 heavy (non-hydrogen) atoms. The summed E-state index contributed by atoms with van der Waals surface area (Å²) < 4.78 is 37.6. The van der Waals surface area contributed by atoms with E-state index in [0.29, 0.717) is 0 Å². The van der Waals surface area contributed by atoms with E-state index in [1.54, 1.807) is 46.2 Å². The van der Waals surface area contributed by atoms with Crippen molar-refractivity contribution in [2.75, 3.05) is 12.5 Å². The first-order chi connectivity index (χ1) is 6.77. The van der Waals surface area contributed by atoms with Crippen LogP contribution in [0.5, 0.6) is 0 Å². The Morgan fingerprint density at radius 1 is 1.20 bits per heavy atom. The standard InChI is InChI=1S/C5H6ClS4.ClHO4/c1-7-3-4(8-2)10-5(6)9-3;2-1(3,4)5/h1-2H3;(H,2,3,4,5)/q+1;/p-1. The molecule has 1 aromatic heterocycles. The second-order valence-electron chi connectivity index (χ2n) is 1.80. The fourth-order valence-electron chi connectivity index (χ4n) is 0.500. The third-order valence-electron chi connectivity index (χ3n) is 0.883. The number of halogens is 2. The molecule has 0 bridgehead atoms. The van der Waals surface area contributed by atoms with Gasteiger partial charge in [-0.3, -0.25) is 0 Å². The molecule has 4 nitrogen and oxygen atoms in total. The van der Waals surface area contributed by atoms with E-state index in [1.165, 1.54) is 8.42 Å². The van der Waals surface area contributed by atoms with Crippen molar-refractivity contribution in [3.05, 3.63) is 3.65 Å². The molecule has 0 aromatic carbocycles. The van der Waals surface area contributed by atoms with E-state index in [-0.39, 0.29) is 0 Å². The Balaban J connectivity index is 0.000000336. The minimum absolute atomic E-state index is 0.925. The lowest BCUT2D eigenvalue weighted by Gasteiger charge is -2.17. The normalized spacial score (nSPS) is 10.9. The predicted octanol–water partition coefficient (Wildman–Crippen LogP) is -0.568. The van der Waals surface area contributed by atoms with Crippen LogP contribution in [0.1, 0.15) is 0 Å². The van der Waals surface area contributed by atoms with Gasteiger partial charge in [-0.2, -0.15) is 0 Å². The lowest BCUT2D eigenvalue weighted by Crippen LogP contribution is -2.68. The summed E-state index contributed by atoms with van der Waals surface area (Å²) in [5, 5.41) is 0. The molecule has 1 heterocycles. The molecule has 0 fully saturated rings. The van der Waals surface area contributed by atoms with Crippen LogP contribution in [0, 0.1) is 10.2 Å². The van der Waals surface area contributed by atoms with Crippen molar-refractivity contribution in [2.45, 2.75) is 8.42 Å². The van der Waals surface area contributed by atoms with Crippen LogP contribution in [0.4, 0.5) is 0 Å². The lowest BCUT2D eigenvalue weighted by molar-refractivity contribution is -2.00. The van der Waals surface area contributed by atoms with Gasteiger partial charge in [0.05, 0.1) is 0 Å². The van der Waals surface area contributed by atoms with Gasteiger partial charge in [-0.15, -0.1) is 10.2 Å². The van der Waals surface area contributed by atoms with Crippen molar-refractivity contribution >= 4 is 57.8 Å². The number of hydrogen-bond donors (Lipinski definition) is 0. The Morgan fingerprint density at radius 3 is 1.93 bits per heavy atom. The fourth-order valence-corrected chi connectivity index (χ4v) is 5.68. The molecule has 0 saturated heterocycles. The smallest absolute Gasteiger partial charge is 0.222 e. The lowest BCUT2D eigenvalue weighted by atomic mass is 11.1. The Morgan fingerprint density at radius 2 is 1.67 bits per heavy atom. The number of rotatable bonds is 2. The molecule has 0 amide bonds. The van der Waals surface area contributed by atoms with Gasteiger partial charge in [0.15, 0.2) is 0 Å². The zero-order valence-corrected chi connectivity index (χ0v) is 12.3. The average Bonchev–Trinajstić information content (AvgIpc) is 2.43. The fraction of sp³-hybridized carbons (Fsp3) is 0.400. The maximum absolute atomic E-state index is 8.49. The van der Waals surface area contributed by atoms with Gasteiger partial charge in [0, 0.05) is 0 Å². The third kappa shape index (κ3) is 8.93. The number of hydrogen-bond acceptors (Lipinski definition) is 7. The third-order valence-corrected chi connectivity index (χ3v) is 6.11. The molecule has 0 unspecified atom stereocenters. The van der Waals surface area contributed by atoms with Crippen LogP contribution in [0.25, 0.3) is 0 Å². The summed E-state index contributed by atoms with van der Waals surface area (Å²) in [4.78, 5) is 0. The Bertz CT molecular complexity index is 272. The molecule has 10 heteroatoms. The molecule has 1 rings (SSSR count). The molecule has 0 N–H and O–H groups in total. The van der Waals surface area contributed by atoms with Gasteiger partial charge >= 0.3 is 3.65 Å². The summed E-state index contributed by atoms with van der Waals surface area (Å²) in [6, 6.07) is 0. The first-order valence-corrected chi connectivity index (χ1v) is 8.79. The molecular weight excluding hydrogens is 323 g/mol. The molecule has 0 spiro atoms. The zero-order chi connectivity index (χ0) is 12.1. The van der Waals surface area contributed by atoms with Gasteiger partial charge in [0.2, 0.25) is 8.42 Å². The second-order valence-corrected chi connectivity index (χ2v) is 7.83. The summed E-state index contributed by atoms with van der Waals surface area (Å²) >= 11 is 12.7. The van der Waals surface area contributed by atoms with E-state index in [0.717, 1.165) is 3.65 Å². The monoisotopic (exact) mass is 328 g/mol. The minimum Gasteiger partial charge on any atom is -0.222 e. The van der Waals surface area contributed by atoms with Gasteiger partial charge in [-0.1, -0.05) is 23.5 Å². The maximum atomic E-state index is 8.49. The highest BCUT2D eigenvalue weighted by atomic mass is 35.7. The minimum atomic E-state index is -4.94. The van der Waals surface area contributed by atoms with Crippen molar-refractivity contribution in [3.8, 4) is 0 Å². The molecular formula is C5H6Cl2O4S4. The van der Waals surface area contributed by atoms with Crippen LogP contribution < -0.4 is 18.6 Å². The molecule has 0 aliphatic heterocycles. The van der Waals surface area contributed by atoms with E-state index in [1.807, 2.05) is 0 Å². The van der Waals surface area contributed by atoms with E-state index in [2.05, 4.69) is 12.5 Å². The van der Waals surface area contributed by atoms with Crippen LogP contribution in [-0.2, 0) is 0 Å². The quantitative estimate of drug-likeness (QED) is 0.533.